The van der Waals surface area contributed by atoms with Crippen LogP contribution in [0.25, 0.3) is 0 Å². The van der Waals surface area contributed by atoms with Crippen LogP contribution in [0, 0.1) is 5.92 Å². The molecule has 0 bridgehead atoms. The molecule has 3 unspecified atom stereocenters. The van der Waals surface area contributed by atoms with Gasteiger partial charge < -0.3 is 15.0 Å². The lowest BCUT2D eigenvalue weighted by Crippen LogP contribution is -2.50. The summed E-state index contributed by atoms with van der Waals surface area (Å²) in [6.07, 6.45) is 2.32. The number of hydrogen-bond donors (Lipinski definition) is 1. The first-order valence-electron chi connectivity index (χ1n) is 6.30. The van der Waals surface area contributed by atoms with E-state index >= 15 is 0 Å². The van der Waals surface area contributed by atoms with Gasteiger partial charge in [0, 0.05) is 25.7 Å². The average Bonchev–Trinajstić information content (AvgIpc) is 2.29. The van der Waals surface area contributed by atoms with E-state index in [9.17, 15) is 4.79 Å². The van der Waals surface area contributed by atoms with Gasteiger partial charge in [0.2, 0.25) is 5.91 Å². The molecule has 2 aliphatic rings. The Hall–Kier alpha value is -0.610. The van der Waals surface area contributed by atoms with E-state index in [1.807, 2.05) is 11.8 Å². The molecule has 92 valence electrons. The molecule has 0 spiro atoms. The van der Waals surface area contributed by atoms with Crippen molar-refractivity contribution in [2.24, 2.45) is 5.92 Å². The van der Waals surface area contributed by atoms with Gasteiger partial charge in [-0.2, -0.15) is 0 Å². The summed E-state index contributed by atoms with van der Waals surface area (Å²) in [5.41, 5.74) is 0. The largest absolute Gasteiger partial charge is 0.375 e. The summed E-state index contributed by atoms with van der Waals surface area (Å²) in [5.74, 6) is 0.496. The average molecular weight is 226 g/mol. The molecule has 1 N–H and O–H groups in total. The number of carbonyl (C=O) groups is 1. The van der Waals surface area contributed by atoms with E-state index in [1.54, 1.807) is 0 Å². The Morgan fingerprint density at radius 3 is 2.81 bits per heavy atom. The van der Waals surface area contributed by atoms with Gasteiger partial charge in [0.15, 0.2) is 0 Å². The minimum absolute atomic E-state index is 0.182. The first-order valence-corrected chi connectivity index (χ1v) is 6.30. The summed E-state index contributed by atoms with van der Waals surface area (Å²) in [6.45, 7) is 7.24. The highest BCUT2D eigenvalue weighted by Gasteiger charge is 2.30. The molecule has 4 nitrogen and oxygen atoms in total. The van der Waals surface area contributed by atoms with Crippen LogP contribution in [0.5, 0.6) is 0 Å². The van der Waals surface area contributed by atoms with Crippen LogP contribution in [0.3, 0.4) is 0 Å². The van der Waals surface area contributed by atoms with Crippen LogP contribution in [0.1, 0.15) is 26.7 Å². The number of nitrogens with one attached hydrogen (secondary N) is 1. The fourth-order valence-electron chi connectivity index (χ4n) is 2.49. The van der Waals surface area contributed by atoms with Crippen LogP contribution in [0.4, 0.5) is 0 Å². The number of hydrogen-bond acceptors (Lipinski definition) is 3. The Kier molecular flexibility index (Phi) is 3.82. The molecule has 16 heavy (non-hydrogen) atoms. The SMILES string of the molecule is CC1CCC(C(=O)N2CCOC(C)C2)CN1. The molecule has 2 saturated heterocycles. The first-order chi connectivity index (χ1) is 7.66. The van der Waals surface area contributed by atoms with E-state index in [-0.39, 0.29) is 12.0 Å². The fraction of sp³-hybridized carbons (Fsp3) is 0.917. The van der Waals surface area contributed by atoms with Gasteiger partial charge in [0.1, 0.15) is 0 Å². The Bertz CT molecular complexity index is 249. The summed E-state index contributed by atoms with van der Waals surface area (Å²) < 4.78 is 5.45. The molecule has 0 aromatic carbocycles. The summed E-state index contributed by atoms with van der Waals surface area (Å²) in [5, 5.41) is 3.38. The van der Waals surface area contributed by atoms with Crippen molar-refractivity contribution in [1.82, 2.24) is 10.2 Å². The lowest BCUT2D eigenvalue weighted by Gasteiger charge is -2.35. The van der Waals surface area contributed by atoms with Crippen molar-refractivity contribution in [1.29, 1.82) is 0 Å². The molecule has 2 rings (SSSR count). The number of piperidine rings is 1. The molecular weight excluding hydrogens is 204 g/mol. The number of rotatable bonds is 1. The lowest BCUT2D eigenvalue weighted by atomic mass is 9.94. The van der Waals surface area contributed by atoms with E-state index in [4.69, 9.17) is 4.74 Å². The van der Waals surface area contributed by atoms with Gasteiger partial charge in [-0.1, -0.05) is 0 Å². The van der Waals surface area contributed by atoms with E-state index in [0.29, 0.717) is 18.6 Å². The third-order valence-corrected chi connectivity index (χ3v) is 3.56. The third-order valence-electron chi connectivity index (χ3n) is 3.56. The van der Waals surface area contributed by atoms with Gasteiger partial charge in [-0.3, -0.25) is 4.79 Å². The molecule has 3 atom stereocenters. The van der Waals surface area contributed by atoms with Crippen molar-refractivity contribution >= 4 is 5.91 Å². The maximum Gasteiger partial charge on any atom is 0.227 e. The fourth-order valence-corrected chi connectivity index (χ4v) is 2.49. The zero-order valence-corrected chi connectivity index (χ0v) is 10.2. The van der Waals surface area contributed by atoms with Gasteiger partial charge in [0.05, 0.1) is 18.6 Å². The van der Waals surface area contributed by atoms with E-state index in [2.05, 4.69) is 12.2 Å². The van der Waals surface area contributed by atoms with Crippen molar-refractivity contribution in [3.8, 4) is 0 Å². The lowest BCUT2D eigenvalue weighted by molar-refractivity contribution is -0.143. The Labute approximate surface area is 97.3 Å². The predicted molar refractivity (Wildman–Crippen MR) is 62.2 cm³/mol. The van der Waals surface area contributed by atoms with Gasteiger partial charge in [-0.05, 0) is 26.7 Å². The molecule has 0 aromatic rings. The number of carbonyl (C=O) groups excluding carboxylic acids is 1. The second-order valence-corrected chi connectivity index (χ2v) is 5.05. The highest BCUT2D eigenvalue weighted by atomic mass is 16.5. The van der Waals surface area contributed by atoms with Crippen LogP contribution in [0.2, 0.25) is 0 Å². The van der Waals surface area contributed by atoms with E-state index in [1.165, 1.54) is 0 Å². The van der Waals surface area contributed by atoms with Gasteiger partial charge >= 0.3 is 0 Å². The summed E-state index contributed by atoms with van der Waals surface area (Å²) in [4.78, 5) is 14.2. The predicted octanol–water partition coefficient (Wildman–Crippen LogP) is 0.622. The Morgan fingerprint density at radius 2 is 2.19 bits per heavy atom. The van der Waals surface area contributed by atoms with Crippen molar-refractivity contribution in [2.45, 2.75) is 38.8 Å². The topological polar surface area (TPSA) is 41.6 Å². The second-order valence-electron chi connectivity index (χ2n) is 5.05. The van der Waals surface area contributed by atoms with Crippen LogP contribution >= 0.6 is 0 Å². The number of morpholine rings is 1. The minimum atomic E-state index is 0.182. The van der Waals surface area contributed by atoms with Crippen molar-refractivity contribution < 1.29 is 9.53 Å². The molecule has 2 heterocycles. The zero-order valence-electron chi connectivity index (χ0n) is 10.2. The minimum Gasteiger partial charge on any atom is -0.375 e. The molecule has 2 aliphatic heterocycles. The molecule has 4 heteroatoms. The third kappa shape index (κ3) is 2.74. The van der Waals surface area contributed by atoms with Crippen molar-refractivity contribution in [3.05, 3.63) is 0 Å². The van der Waals surface area contributed by atoms with E-state index in [0.717, 1.165) is 32.5 Å². The van der Waals surface area contributed by atoms with Crippen molar-refractivity contribution in [3.63, 3.8) is 0 Å². The number of ether oxygens (including phenoxy) is 1. The second kappa shape index (κ2) is 5.15. The summed E-state index contributed by atoms with van der Waals surface area (Å²) in [6, 6.07) is 0.563. The first kappa shape index (κ1) is 11.9. The zero-order chi connectivity index (χ0) is 11.5. The smallest absolute Gasteiger partial charge is 0.227 e. The molecular formula is C12H22N2O2. The maximum atomic E-state index is 12.2. The Morgan fingerprint density at radius 1 is 1.38 bits per heavy atom. The van der Waals surface area contributed by atoms with Crippen LogP contribution in [-0.2, 0) is 9.53 Å². The van der Waals surface area contributed by atoms with E-state index < -0.39 is 0 Å². The highest BCUT2D eigenvalue weighted by molar-refractivity contribution is 5.79. The molecule has 0 saturated carbocycles. The molecule has 1 amide bonds. The van der Waals surface area contributed by atoms with Crippen LogP contribution in [-0.4, -0.2) is 49.2 Å². The van der Waals surface area contributed by atoms with Crippen molar-refractivity contribution in [2.75, 3.05) is 26.2 Å². The van der Waals surface area contributed by atoms with Gasteiger partial charge in [-0.25, -0.2) is 0 Å². The highest BCUT2D eigenvalue weighted by Crippen LogP contribution is 2.18. The number of amides is 1. The number of nitrogens with zero attached hydrogens (tertiary/aromatic N) is 1. The quantitative estimate of drug-likeness (QED) is 0.713. The van der Waals surface area contributed by atoms with Gasteiger partial charge in [0.25, 0.3) is 0 Å². The van der Waals surface area contributed by atoms with Crippen LogP contribution < -0.4 is 5.32 Å². The maximum absolute atomic E-state index is 12.2. The normalized spacial score (nSPS) is 36.1. The standard InChI is InChI=1S/C12H22N2O2/c1-9-3-4-11(7-13-9)12(15)14-5-6-16-10(2)8-14/h9-11,13H,3-8H2,1-2H3. The molecule has 2 fully saturated rings. The monoisotopic (exact) mass is 226 g/mol. The molecule has 0 aliphatic carbocycles. The Balaban J connectivity index is 1.86. The van der Waals surface area contributed by atoms with Crippen LogP contribution in [0.15, 0.2) is 0 Å². The molecule has 0 radical (unpaired) electrons. The summed E-state index contributed by atoms with van der Waals surface area (Å²) >= 11 is 0. The molecule has 0 aromatic heterocycles. The summed E-state index contributed by atoms with van der Waals surface area (Å²) in [7, 11) is 0. The van der Waals surface area contributed by atoms with Gasteiger partial charge in [-0.15, -0.1) is 0 Å².